The van der Waals surface area contributed by atoms with Gasteiger partial charge in [-0.05, 0) is 39.0 Å². The second-order valence-electron chi connectivity index (χ2n) is 5.32. The highest BCUT2D eigenvalue weighted by molar-refractivity contribution is 5.48. The predicted molar refractivity (Wildman–Crippen MR) is 69.1 cm³/mol. The van der Waals surface area contributed by atoms with Crippen LogP contribution in [0, 0.1) is 0 Å². The van der Waals surface area contributed by atoms with Gasteiger partial charge in [-0.15, -0.1) is 0 Å². The van der Waals surface area contributed by atoms with Crippen molar-refractivity contribution >= 4 is 11.6 Å². The minimum absolute atomic E-state index is 0.567. The van der Waals surface area contributed by atoms with Gasteiger partial charge in [-0.3, -0.25) is 0 Å². The van der Waals surface area contributed by atoms with Crippen molar-refractivity contribution in [1.29, 1.82) is 0 Å². The third-order valence-corrected chi connectivity index (χ3v) is 3.79. The molecule has 92 valence electrons. The Morgan fingerprint density at radius 1 is 1.24 bits per heavy atom. The summed E-state index contributed by atoms with van der Waals surface area (Å²) in [7, 11) is 0. The third kappa shape index (κ3) is 2.21. The maximum Gasteiger partial charge on any atom is 0.136 e. The summed E-state index contributed by atoms with van der Waals surface area (Å²) in [4.78, 5) is 11.4. The first-order chi connectivity index (χ1) is 8.24. The van der Waals surface area contributed by atoms with E-state index in [1.807, 2.05) is 6.07 Å². The number of aromatic nitrogens is 2. The topological polar surface area (TPSA) is 55.0 Å². The van der Waals surface area contributed by atoms with Crippen LogP contribution in [-0.4, -0.2) is 22.6 Å². The van der Waals surface area contributed by atoms with E-state index in [0.29, 0.717) is 17.8 Å². The fourth-order valence-corrected chi connectivity index (χ4v) is 2.58. The van der Waals surface area contributed by atoms with Gasteiger partial charge in [-0.25, -0.2) is 9.97 Å². The zero-order valence-electron chi connectivity index (χ0n) is 10.4. The van der Waals surface area contributed by atoms with Gasteiger partial charge in [0.25, 0.3) is 0 Å². The number of hydrogen-bond donors (Lipinski definition) is 1. The second-order valence-corrected chi connectivity index (χ2v) is 5.32. The molecule has 1 saturated heterocycles. The van der Waals surface area contributed by atoms with Gasteiger partial charge >= 0.3 is 0 Å². The van der Waals surface area contributed by atoms with Crippen LogP contribution in [0.3, 0.4) is 0 Å². The molecule has 2 fully saturated rings. The summed E-state index contributed by atoms with van der Waals surface area (Å²) >= 11 is 0. The lowest BCUT2D eigenvalue weighted by Gasteiger charge is -2.34. The normalized spacial score (nSPS) is 25.0. The Morgan fingerprint density at radius 2 is 2.06 bits per heavy atom. The van der Waals surface area contributed by atoms with Gasteiger partial charge in [0.1, 0.15) is 17.5 Å². The van der Waals surface area contributed by atoms with Crippen LogP contribution in [0.2, 0.25) is 0 Å². The minimum Gasteiger partial charge on any atom is -0.384 e. The van der Waals surface area contributed by atoms with E-state index < -0.39 is 0 Å². The molecule has 1 aromatic heterocycles. The number of nitrogens with two attached hydrogens (primary N) is 1. The fourth-order valence-electron chi connectivity index (χ4n) is 2.58. The Bertz CT molecular complexity index is 414. The molecular formula is C13H20N4. The summed E-state index contributed by atoms with van der Waals surface area (Å²) in [6.07, 6.45) is 6.28. The molecule has 1 aliphatic carbocycles. The van der Waals surface area contributed by atoms with E-state index in [9.17, 15) is 0 Å². The molecule has 0 bridgehead atoms. The predicted octanol–water partition coefficient (Wildman–Crippen LogP) is 2.32. The summed E-state index contributed by atoms with van der Waals surface area (Å²) in [6, 6.07) is 2.50. The van der Waals surface area contributed by atoms with E-state index in [2.05, 4.69) is 16.8 Å². The minimum atomic E-state index is 0.567. The van der Waals surface area contributed by atoms with Crippen molar-refractivity contribution in [3.8, 4) is 0 Å². The average molecular weight is 232 g/mol. The molecule has 0 radical (unpaired) electrons. The number of nitrogen functional groups attached to an aromatic ring is 1. The molecule has 0 spiro atoms. The van der Waals surface area contributed by atoms with Gasteiger partial charge in [-0.1, -0.05) is 0 Å². The van der Waals surface area contributed by atoms with E-state index in [-0.39, 0.29) is 0 Å². The molecular weight excluding hydrogens is 212 g/mol. The van der Waals surface area contributed by atoms with Gasteiger partial charge in [0.15, 0.2) is 0 Å². The molecule has 4 nitrogen and oxygen atoms in total. The molecule has 0 unspecified atom stereocenters. The zero-order chi connectivity index (χ0) is 11.8. The van der Waals surface area contributed by atoms with E-state index in [4.69, 9.17) is 10.7 Å². The Hall–Kier alpha value is -1.32. The van der Waals surface area contributed by atoms with E-state index in [0.717, 1.165) is 18.2 Å². The van der Waals surface area contributed by atoms with Gasteiger partial charge in [0, 0.05) is 24.6 Å². The third-order valence-electron chi connectivity index (χ3n) is 3.79. The number of anilines is 2. The van der Waals surface area contributed by atoms with Crippen LogP contribution >= 0.6 is 0 Å². The lowest BCUT2D eigenvalue weighted by molar-refractivity contribution is 0.480. The molecule has 1 atom stereocenters. The molecule has 3 rings (SSSR count). The van der Waals surface area contributed by atoms with Gasteiger partial charge in [-0.2, -0.15) is 0 Å². The van der Waals surface area contributed by atoms with Crippen molar-refractivity contribution in [2.75, 3.05) is 17.2 Å². The van der Waals surface area contributed by atoms with Crippen molar-refractivity contribution in [3.63, 3.8) is 0 Å². The standard InChI is InChI=1S/C13H20N4/c1-9-4-2-3-7-17(9)12-8-11(14)15-13(16-12)10-5-6-10/h8-10H,2-7H2,1H3,(H2,14,15,16)/t9-/m1/s1. The van der Waals surface area contributed by atoms with E-state index >= 15 is 0 Å². The smallest absolute Gasteiger partial charge is 0.136 e. The zero-order valence-corrected chi connectivity index (χ0v) is 10.4. The van der Waals surface area contributed by atoms with Gasteiger partial charge < -0.3 is 10.6 Å². The first-order valence-electron chi connectivity index (χ1n) is 6.65. The molecule has 4 heteroatoms. The largest absolute Gasteiger partial charge is 0.384 e. The first kappa shape index (κ1) is 10.8. The van der Waals surface area contributed by atoms with Crippen LogP contribution in [0.1, 0.15) is 50.8 Å². The quantitative estimate of drug-likeness (QED) is 0.850. The lowest BCUT2D eigenvalue weighted by Crippen LogP contribution is -2.38. The Morgan fingerprint density at radius 3 is 2.76 bits per heavy atom. The summed E-state index contributed by atoms with van der Waals surface area (Å²) in [5.74, 6) is 3.18. The second kappa shape index (κ2) is 4.17. The molecule has 2 aliphatic rings. The van der Waals surface area contributed by atoms with Crippen molar-refractivity contribution < 1.29 is 0 Å². The highest BCUT2D eigenvalue weighted by Crippen LogP contribution is 2.39. The molecule has 2 heterocycles. The molecule has 1 aromatic rings. The molecule has 2 N–H and O–H groups in total. The number of rotatable bonds is 2. The van der Waals surface area contributed by atoms with Crippen LogP contribution in [0.4, 0.5) is 11.6 Å². The maximum atomic E-state index is 5.90. The lowest BCUT2D eigenvalue weighted by atomic mass is 10.0. The monoisotopic (exact) mass is 232 g/mol. The highest BCUT2D eigenvalue weighted by atomic mass is 15.2. The van der Waals surface area contributed by atoms with Crippen LogP contribution < -0.4 is 10.6 Å². The van der Waals surface area contributed by atoms with E-state index in [1.165, 1.54) is 32.1 Å². The van der Waals surface area contributed by atoms with Crippen LogP contribution in [-0.2, 0) is 0 Å². The van der Waals surface area contributed by atoms with Crippen LogP contribution in [0.15, 0.2) is 6.07 Å². The van der Waals surface area contributed by atoms with E-state index in [1.54, 1.807) is 0 Å². The number of nitrogens with zero attached hydrogens (tertiary/aromatic N) is 3. The fraction of sp³-hybridized carbons (Fsp3) is 0.692. The van der Waals surface area contributed by atoms with Crippen LogP contribution in [0.5, 0.6) is 0 Å². The summed E-state index contributed by atoms with van der Waals surface area (Å²) in [5.41, 5.74) is 5.90. The van der Waals surface area contributed by atoms with Gasteiger partial charge in [0.05, 0.1) is 0 Å². The summed E-state index contributed by atoms with van der Waals surface area (Å²) < 4.78 is 0. The molecule has 1 saturated carbocycles. The SMILES string of the molecule is C[C@@H]1CCCCN1c1cc(N)nc(C2CC2)n1. The van der Waals surface area contributed by atoms with Crippen molar-refractivity contribution in [2.45, 2.75) is 51.0 Å². The molecule has 17 heavy (non-hydrogen) atoms. The highest BCUT2D eigenvalue weighted by Gasteiger charge is 2.28. The van der Waals surface area contributed by atoms with Crippen molar-refractivity contribution in [3.05, 3.63) is 11.9 Å². The average Bonchev–Trinajstić information content (AvgIpc) is 3.12. The van der Waals surface area contributed by atoms with Crippen molar-refractivity contribution in [1.82, 2.24) is 9.97 Å². The number of piperidine rings is 1. The summed E-state index contributed by atoms with van der Waals surface area (Å²) in [5, 5.41) is 0. The first-order valence-corrected chi connectivity index (χ1v) is 6.65. The Balaban J connectivity index is 1.90. The summed E-state index contributed by atoms with van der Waals surface area (Å²) in [6.45, 7) is 3.37. The molecule has 0 aromatic carbocycles. The maximum absolute atomic E-state index is 5.90. The number of hydrogen-bond acceptors (Lipinski definition) is 4. The Kier molecular flexibility index (Phi) is 2.65. The molecule has 1 aliphatic heterocycles. The van der Waals surface area contributed by atoms with Gasteiger partial charge in [0.2, 0.25) is 0 Å². The Labute approximate surface area is 102 Å². The van der Waals surface area contributed by atoms with Crippen molar-refractivity contribution in [2.24, 2.45) is 0 Å². The van der Waals surface area contributed by atoms with Crippen LogP contribution in [0.25, 0.3) is 0 Å². The molecule has 0 amide bonds.